The predicted molar refractivity (Wildman–Crippen MR) is 76.1 cm³/mol. The average molecular weight is 262 g/mol. The van der Waals surface area contributed by atoms with Crippen molar-refractivity contribution in [2.75, 3.05) is 18.9 Å². The van der Waals surface area contributed by atoms with E-state index in [-0.39, 0.29) is 5.91 Å². The first-order chi connectivity index (χ1) is 9.19. The van der Waals surface area contributed by atoms with Crippen molar-refractivity contribution in [2.24, 2.45) is 11.7 Å². The number of carbonyl (C=O) groups excluding carboxylic acids is 1. The van der Waals surface area contributed by atoms with Gasteiger partial charge >= 0.3 is 0 Å². The normalized spacial score (nSPS) is 22.8. The van der Waals surface area contributed by atoms with E-state index in [1.54, 1.807) is 19.3 Å². The zero-order chi connectivity index (χ0) is 13.7. The third-order valence-electron chi connectivity index (χ3n) is 3.71. The molecule has 5 nitrogen and oxygen atoms in total. The van der Waals surface area contributed by atoms with E-state index in [0.717, 1.165) is 25.1 Å². The maximum absolute atomic E-state index is 11.5. The van der Waals surface area contributed by atoms with E-state index >= 15 is 0 Å². The van der Waals surface area contributed by atoms with Gasteiger partial charge in [0.2, 0.25) is 0 Å². The molecule has 1 aliphatic carbocycles. The van der Waals surface area contributed by atoms with Crippen molar-refractivity contribution in [3.05, 3.63) is 24.0 Å². The third-order valence-corrected chi connectivity index (χ3v) is 3.71. The molecule has 0 unspecified atom stereocenters. The van der Waals surface area contributed by atoms with Crippen molar-refractivity contribution in [1.29, 1.82) is 0 Å². The molecule has 0 aliphatic heterocycles. The molecular formula is C14H22N4O. The molecule has 0 radical (unpaired) electrons. The largest absolute Gasteiger partial charge is 0.385 e. The first kappa shape index (κ1) is 13.8. The number of nitrogens with zero attached hydrogens (tertiary/aromatic N) is 1. The van der Waals surface area contributed by atoms with Crippen molar-refractivity contribution in [3.8, 4) is 0 Å². The Morgan fingerprint density at radius 3 is 2.84 bits per heavy atom. The van der Waals surface area contributed by atoms with Crippen LogP contribution in [0.15, 0.2) is 18.3 Å². The highest BCUT2D eigenvalue weighted by Gasteiger charge is 2.18. The van der Waals surface area contributed by atoms with Crippen LogP contribution in [-0.2, 0) is 0 Å². The second kappa shape index (κ2) is 6.52. The van der Waals surface area contributed by atoms with E-state index in [0.29, 0.717) is 17.7 Å². The number of nitrogens with two attached hydrogens (primary N) is 1. The van der Waals surface area contributed by atoms with Crippen LogP contribution in [0.2, 0.25) is 0 Å². The van der Waals surface area contributed by atoms with Gasteiger partial charge in [-0.1, -0.05) is 0 Å². The second-order valence-electron chi connectivity index (χ2n) is 5.17. The van der Waals surface area contributed by atoms with Gasteiger partial charge < -0.3 is 16.4 Å². The molecule has 0 atom stereocenters. The van der Waals surface area contributed by atoms with Gasteiger partial charge in [-0.15, -0.1) is 0 Å². The van der Waals surface area contributed by atoms with Crippen molar-refractivity contribution in [3.63, 3.8) is 0 Å². The van der Waals surface area contributed by atoms with Gasteiger partial charge in [0.05, 0.1) is 0 Å². The van der Waals surface area contributed by atoms with Crippen LogP contribution in [0.3, 0.4) is 0 Å². The van der Waals surface area contributed by atoms with Crippen LogP contribution in [0.25, 0.3) is 0 Å². The average Bonchev–Trinajstić information content (AvgIpc) is 2.46. The number of hydrogen-bond acceptors (Lipinski definition) is 4. The van der Waals surface area contributed by atoms with Gasteiger partial charge in [0, 0.05) is 31.5 Å². The molecule has 1 aromatic rings. The van der Waals surface area contributed by atoms with Crippen molar-refractivity contribution in [2.45, 2.75) is 31.7 Å². The van der Waals surface area contributed by atoms with Crippen LogP contribution in [0, 0.1) is 5.92 Å². The van der Waals surface area contributed by atoms with Gasteiger partial charge in [0.25, 0.3) is 5.91 Å². The Hall–Kier alpha value is -1.62. The van der Waals surface area contributed by atoms with Crippen LogP contribution >= 0.6 is 0 Å². The molecule has 1 amide bonds. The van der Waals surface area contributed by atoms with E-state index in [2.05, 4.69) is 15.6 Å². The van der Waals surface area contributed by atoms with E-state index in [1.807, 2.05) is 6.07 Å². The predicted octanol–water partition coefficient (Wildman–Crippen LogP) is 1.37. The van der Waals surface area contributed by atoms with E-state index < -0.39 is 0 Å². The smallest absolute Gasteiger partial charge is 0.269 e. The number of aromatic nitrogens is 1. The Labute approximate surface area is 114 Å². The molecule has 0 aromatic carbocycles. The first-order valence-corrected chi connectivity index (χ1v) is 6.86. The summed E-state index contributed by atoms with van der Waals surface area (Å²) in [6.45, 7) is 0.934. The van der Waals surface area contributed by atoms with Gasteiger partial charge in [-0.2, -0.15) is 0 Å². The zero-order valence-corrected chi connectivity index (χ0v) is 11.4. The molecule has 4 N–H and O–H groups in total. The Kier molecular flexibility index (Phi) is 4.74. The lowest BCUT2D eigenvalue weighted by atomic mass is 9.86. The van der Waals surface area contributed by atoms with Gasteiger partial charge in [-0.25, -0.2) is 0 Å². The molecule has 1 fully saturated rings. The lowest BCUT2D eigenvalue weighted by molar-refractivity contribution is 0.0958. The quantitative estimate of drug-likeness (QED) is 0.765. The van der Waals surface area contributed by atoms with Gasteiger partial charge in [-0.05, 0) is 43.7 Å². The third kappa shape index (κ3) is 3.92. The minimum Gasteiger partial charge on any atom is -0.385 e. The fourth-order valence-corrected chi connectivity index (χ4v) is 2.45. The van der Waals surface area contributed by atoms with E-state index in [4.69, 9.17) is 5.73 Å². The summed E-state index contributed by atoms with van der Waals surface area (Å²) in [5.74, 6) is 0.517. The molecule has 1 heterocycles. The summed E-state index contributed by atoms with van der Waals surface area (Å²) in [5.41, 5.74) is 7.29. The number of rotatable bonds is 4. The molecule has 0 saturated heterocycles. The molecule has 1 aromatic heterocycles. The Morgan fingerprint density at radius 1 is 1.42 bits per heavy atom. The van der Waals surface area contributed by atoms with Crippen LogP contribution < -0.4 is 16.4 Å². The molecule has 19 heavy (non-hydrogen) atoms. The van der Waals surface area contributed by atoms with Gasteiger partial charge in [-0.3, -0.25) is 9.78 Å². The summed E-state index contributed by atoms with van der Waals surface area (Å²) in [6, 6.07) is 4.06. The molecule has 104 valence electrons. The molecule has 1 saturated carbocycles. The first-order valence-electron chi connectivity index (χ1n) is 6.86. The van der Waals surface area contributed by atoms with Crippen LogP contribution in [-0.4, -0.2) is 30.5 Å². The van der Waals surface area contributed by atoms with E-state index in [1.165, 1.54) is 12.8 Å². The Bertz CT molecular complexity index is 427. The summed E-state index contributed by atoms with van der Waals surface area (Å²) in [7, 11) is 1.61. The van der Waals surface area contributed by atoms with E-state index in [9.17, 15) is 4.79 Å². The van der Waals surface area contributed by atoms with Crippen molar-refractivity contribution in [1.82, 2.24) is 10.3 Å². The van der Waals surface area contributed by atoms with Crippen LogP contribution in [0.4, 0.5) is 5.69 Å². The van der Waals surface area contributed by atoms with Crippen molar-refractivity contribution >= 4 is 11.6 Å². The fourth-order valence-electron chi connectivity index (χ4n) is 2.45. The highest BCUT2D eigenvalue weighted by molar-refractivity contribution is 5.92. The standard InChI is InChI=1S/C14H22N4O/c1-16-14(19)13-8-12(6-7-17-13)18-9-10-2-4-11(15)5-3-10/h6-8,10-11H,2-5,9,15H2,1H3,(H,16,19)(H,17,18). The second-order valence-corrected chi connectivity index (χ2v) is 5.17. The Balaban J connectivity index is 1.87. The van der Waals surface area contributed by atoms with Gasteiger partial charge in [0.15, 0.2) is 0 Å². The molecule has 2 rings (SSSR count). The Morgan fingerprint density at radius 2 is 2.16 bits per heavy atom. The number of anilines is 1. The van der Waals surface area contributed by atoms with Gasteiger partial charge in [0.1, 0.15) is 5.69 Å². The fraction of sp³-hybridized carbons (Fsp3) is 0.571. The monoisotopic (exact) mass is 262 g/mol. The SMILES string of the molecule is CNC(=O)c1cc(NCC2CCC(N)CC2)ccn1. The number of pyridine rings is 1. The topological polar surface area (TPSA) is 80.0 Å². The summed E-state index contributed by atoms with van der Waals surface area (Å²) in [6.07, 6.45) is 6.26. The number of hydrogen-bond donors (Lipinski definition) is 3. The molecular weight excluding hydrogens is 240 g/mol. The molecule has 0 bridgehead atoms. The summed E-state index contributed by atoms with van der Waals surface area (Å²) in [5, 5.41) is 5.96. The molecule has 1 aliphatic rings. The lowest BCUT2D eigenvalue weighted by Crippen LogP contribution is -2.29. The zero-order valence-electron chi connectivity index (χ0n) is 11.4. The molecule has 0 spiro atoms. The minimum absolute atomic E-state index is 0.160. The highest BCUT2D eigenvalue weighted by Crippen LogP contribution is 2.23. The maximum atomic E-state index is 11.5. The van der Waals surface area contributed by atoms with Crippen LogP contribution in [0.5, 0.6) is 0 Å². The van der Waals surface area contributed by atoms with Crippen LogP contribution in [0.1, 0.15) is 36.2 Å². The number of carbonyl (C=O) groups is 1. The number of amides is 1. The maximum Gasteiger partial charge on any atom is 0.269 e. The van der Waals surface area contributed by atoms with Crippen molar-refractivity contribution < 1.29 is 4.79 Å². The highest BCUT2D eigenvalue weighted by atomic mass is 16.1. The number of nitrogens with one attached hydrogen (secondary N) is 2. The summed E-state index contributed by atoms with van der Waals surface area (Å²) >= 11 is 0. The summed E-state index contributed by atoms with van der Waals surface area (Å²) in [4.78, 5) is 15.5. The molecule has 5 heteroatoms. The lowest BCUT2D eigenvalue weighted by Gasteiger charge is -2.26. The minimum atomic E-state index is -0.160. The summed E-state index contributed by atoms with van der Waals surface area (Å²) < 4.78 is 0.